The molecule has 2 aromatic rings. The smallest absolute Gasteiger partial charge is 0.303 e. The summed E-state index contributed by atoms with van der Waals surface area (Å²) in [5, 5.41) is 12.7. The van der Waals surface area contributed by atoms with Crippen LogP contribution < -0.4 is 5.32 Å². The van der Waals surface area contributed by atoms with Crippen LogP contribution in [0.1, 0.15) is 102 Å². The van der Waals surface area contributed by atoms with Gasteiger partial charge in [0.2, 0.25) is 0 Å². The average molecular weight is 505 g/mol. The number of nitrogens with zero attached hydrogens (tertiary/aromatic N) is 1. The summed E-state index contributed by atoms with van der Waals surface area (Å²) < 4.78 is 0. The number of hydrogen-bond donors (Lipinski definition) is 2. The molecule has 0 spiro atoms. The van der Waals surface area contributed by atoms with E-state index in [9.17, 15) is 4.79 Å². The Balaban J connectivity index is 1.79. The van der Waals surface area contributed by atoms with Gasteiger partial charge in [0, 0.05) is 18.5 Å². The quantitative estimate of drug-likeness (QED) is 0.237. The van der Waals surface area contributed by atoms with Crippen LogP contribution in [0.4, 0.5) is 11.4 Å². The zero-order valence-electron chi connectivity index (χ0n) is 23.9. The van der Waals surface area contributed by atoms with E-state index < -0.39 is 5.97 Å². The molecule has 4 heteroatoms. The molecule has 202 valence electrons. The lowest BCUT2D eigenvalue weighted by Crippen LogP contribution is -2.27. The molecule has 3 rings (SSSR count). The summed E-state index contributed by atoms with van der Waals surface area (Å²) in [4.78, 5) is 16.2. The molecule has 0 bridgehead atoms. The minimum Gasteiger partial charge on any atom is -0.481 e. The van der Waals surface area contributed by atoms with Crippen molar-refractivity contribution < 1.29 is 9.90 Å². The number of hydrogen-bond acceptors (Lipinski definition) is 2. The number of carbonyl (C=O) groups is 1. The Labute approximate surface area is 225 Å². The molecule has 0 saturated heterocycles. The molecule has 2 N–H and O–H groups in total. The molecule has 0 amide bonds. The Morgan fingerprint density at radius 3 is 2.43 bits per heavy atom. The molecule has 0 aromatic heterocycles. The largest absolute Gasteiger partial charge is 0.481 e. The van der Waals surface area contributed by atoms with Crippen molar-refractivity contribution in [3.05, 3.63) is 59.2 Å². The van der Waals surface area contributed by atoms with Crippen molar-refractivity contribution in [2.24, 2.45) is 28.7 Å². The second-order valence-electron chi connectivity index (χ2n) is 12.0. The lowest BCUT2D eigenvalue weighted by molar-refractivity contribution is -0.136. The number of benzene rings is 2. The first-order valence-electron chi connectivity index (χ1n) is 14.4. The van der Waals surface area contributed by atoms with Gasteiger partial charge in [-0.05, 0) is 104 Å². The Kier molecular flexibility index (Phi) is 10.8. The van der Waals surface area contributed by atoms with Gasteiger partial charge >= 0.3 is 5.97 Å². The Bertz CT molecular complexity index is 1040. The fourth-order valence-corrected chi connectivity index (χ4v) is 5.86. The predicted octanol–water partition coefficient (Wildman–Crippen LogP) is 9.16. The third-order valence-electron chi connectivity index (χ3n) is 8.17. The molecule has 4 nitrogen and oxygen atoms in total. The van der Waals surface area contributed by atoms with Crippen LogP contribution in [0.5, 0.6) is 0 Å². The zero-order valence-corrected chi connectivity index (χ0v) is 23.9. The second kappa shape index (κ2) is 13.8. The van der Waals surface area contributed by atoms with Crippen molar-refractivity contribution in [1.29, 1.82) is 0 Å². The molecule has 0 aliphatic heterocycles. The standard InChI is InChI=1S/C33H48N2O2/c1-22(2)27-14-16-29(17-15-27)34-32(9-7-8-28-20-24(5)10-18-30(28)23(3)4)35-31-21-26(12-11-25(31)6)13-19-33(36)37/h11-12,14-17,21-24,28,30H,7-10,13,18-20H2,1-6H3,(H,34,35)(H,36,37)/t24-,28-,30+/m1/s1. The van der Waals surface area contributed by atoms with Crippen molar-refractivity contribution >= 4 is 23.2 Å². The van der Waals surface area contributed by atoms with Gasteiger partial charge < -0.3 is 10.4 Å². The Morgan fingerprint density at radius 1 is 1.05 bits per heavy atom. The van der Waals surface area contributed by atoms with Crippen LogP contribution in [0, 0.1) is 30.6 Å². The van der Waals surface area contributed by atoms with E-state index in [1.54, 1.807) is 0 Å². The maximum absolute atomic E-state index is 11.1. The van der Waals surface area contributed by atoms with Gasteiger partial charge in [-0.1, -0.05) is 65.3 Å². The van der Waals surface area contributed by atoms with E-state index >= 15 is 0 Å². The minimum absolute atomic E-state index is 0.135. The zero-order chi connectivity index (χ0) is 26.9. The van der Waals surface area contributed by atoms with Crippen LogP contribution in [0.3, 0.4) is 0 Å². The second-order valence-corrected chi connectivity index (χ2v) is 12.0. The van der Waals surface area contributed by atoms with Gasteiger partial charge in [-0.3, -0.25) is 4.79 Å². The highest BCUT2D eigenvalue weighted by Gasteiger charge is 2.30. The van der Waals surface area contributed by atoms with Gasteiger partial charge in [0.15, 0.2) is 0 Å². The molecule has 1 aliphatic carbocycles. The minimum atomic E-state index is -0.769. The monoisotopic (exact) mass is 504 g/mol. The number of anilines is 1. The van der Waals surface area contributed by atoms with Crippen LogP contribution in [0.15, 0.2) is 47.5 Å². The highest BCUT2D eigenvalue weighted by atomic mass is 16.4. The third-order valence-corrected chi connectivity index (χ3v) is 8.17. The van der Waals surface area contributed by atoms with Crippen LogP contribution in [0.2, 0.25) is 0 Å². The fourth-order valence-electron chi connectivity index (χ4n) is 5.86. The highest BCUT2D eigenvalue weighted by molar-refractivity contribution is 5.97. The van der Waals surface area contributed by atoms with E-state index in [0.717, 1.165) is 64.9 Å². The van der Waals surface area contributed by atoms with E-state index in [-0.39, 0.29) is 6.42 Å². The van der Waals surface area contributed by atoms with Crippen molar-refractivity contribution in [1.82, 2.24) is 0 Å². The van der Waals surface area contributed by atoms with E-state index in [2.05, 4.69) is 83.3 Å². The van der Waals surface area contributed by atoms with E-state index in [1.165, 1.54) is 31.2 Å². The van der Waals surface area contributed by atoms with Gasteiger partial charge in [-0.15, -0.1) is 0 Å². The molecule has 1 saturated carbocycles. The molecular weight excluding hydrogens is 456 g/mol. The first-order valence-corrected chi connectivity index (χ1v) is 14.4. The van der Waals surface area contributed by atoms with E-state index in [4.69, 9.17) is 10.1 Å². The number of carboxylic acids is 1. The summed E-state index contributed by atoms with van der Waals surface area (Å²) in [6.07, 6.45) is 8.02. The van der Waals surface area contributed by atoms with Crippen LogP contribution in [-0.2, 0) is 11.2 Å². The van der Waals surface area contributed by atoms with Crippen molar-refractivity contribution in [3.63, 3.8) is 0 Å². The SMILES string of the molecule is Cc1ccc(CCC(=O)O)cc1N=C(CCC[C@@H]1C[C@H](C)CC[C@H]1C(C)C)Nc1ccc(C(C)C)cc1. The number of amidine groups is 1. The van der Waals surface area contributed by atoms with Gasteiger partial charge in [-0.2, -0.15) is 0 Å². The summed E-state index contributed by atoms with van der Waals surface area (Å²) >= 11 is 0. The molecular formula is C33H48N2O2. The first-order chi connectivity index (χ1) is 17.6. The van der Waals surface area contributed by atoms with Crippen LogP contribution in [0.25, 0.3) is 0 Å². The maximum atomic E-state index is 11.1. The summed E-state index contributed by atoms with van der Waals surface area (Å²) in [5.74, 6) is 3.94. The number of aliphatic imine (C=N–C) groups is 1. The van der Waals surface area contributed by atoms with Gasteiger partial charge in [0.1, 0.15) is 5.84 Å². The van der Waals surface area contributed by atoms with Crippen molar-refractivity contribution in [2.75, 3.05) is 5.32 Å². The lowest BCUT2D eigenvalue weighted by Gasteiger charge is -2.37. The van der Waals surface area contributed by atoms with Crippen LogP contribution >= 0.6 is 0 Å². The van der Waals surface area contributed by atoms with Gasteiger partial charge in [-0.25, -0.2) is 4.99 Å². The molecule has 0 unspecified atom stereocenters. The summed E-state index contributed by atoms with van der Waals surface area (Å²) in [5.41, 5.74) is 5.44. The molecule has 1 fully saturated rings. The molecule has 1 aliphatic rings. The van der Waals surface area contributed by atoms with Crippen molar-refractivity contribution in [2.45, 2.75) is 98.8 Å². The Morgan fingerprint density at radius 2 is 1.78 bits per heavy atom. The number of carboxylic acid groups (broad SMARTS) is 1. The summed E-state index contributed by atoms with van der Waals surface area (Å²) in [6.45, 7) is 13.7. The molecule has 0 radical (unpaired) electrons. The average Bonchev–Trinajstić information content (AvgIpc) is 2.84. The number of rotatable bonds is 11. The normalized spacial score (nSPS) is 20.4. The van der Waals surface area contributed by atoms with E-state index in [1.807, 2.05) is 6.07 Å². The number of aliphatic carboxylic acids is 1. The summed E-state index contributed by atoms with van der Waals surface area (Å²) in [7, 11) is 0. The molecule has 37 heavy (non-hydrogen) atoms. The molecule has 2 aromatic carbocycles. The van der Waals surface area contributed by atoms with Crippen molar-refractivity contribution in [3.8, 4) is 0 Å². The Hall–Kier alpha value is -2.62. The lowest BCUT2D eigenvalue weighted by atomic mass is 9.68. The maximum Gasteiger partial charge on any atom is 0.303 e. The third kappa shape index (κ3) is 9.02. The first kappa shape index (κ1) is 28.9. The number of nitrogens with one attached hydrogen (secondary N) is 1. The predicted molar refractivity (Wildman–Crippen MR) is 157 cm³/mol. The topological polar surface area (TPSA) is 61.7 Å². The van der Waals surface area contributed by atoms with Crippen LogP contribution in [-0.4, -0.2) is 16.9 Å². The fraction of sp³-hybridized carbons (Fsp3) is 0.576. The van der Waals surface area contributed by atoms with Gasteiger partial charge in [0.05, 0.1) is 5.69 Å². The molecule has 0 heterocycles. The molecule has 3 atom stereocenters. The van der Waals surface area contributed by atoms with E-state index in [0.29, 0.717) is 12.3 Å². The van der Waals surface area contributed by atoms with Gasteiger partial charge in [0.25, 0.3) is 0 Å². The number of aryl methyl sites for hydroxylation is 2. The highest BCUT2D eigenvalue weighted by Crippen LogP contribution is 2.40. The summed E-state index contributed by atoms with van der Waals surface area (Å²) in [6, 6.07) is 14.8.